The molecular formula is C18H27ClN2O3. The molecule has 0 bridgehead atoms. The number of ether oxygens (including phenoxy) is 1. The van der Waals surface area contributed by atoms with E-state index in [2.05, 4.69) is 5.32 Å². The number of benzene rings is 1. The van der Waals surface area contributed by atoms with E-state index in [0.717, 1.165) is 12.8 Å². The summed E-state index contributed by atoms with van der Waals surface area (Å²) in [7, 11) is 0. The largest absolute Gasteiger partial charge is 0.484 e. The number of amides is 1. The minimum Gasteiger partial charge on any atom is -0.484 e. The maximum atomic E-state index is 12.1. The van der Waals surface area contributed by atoms with Gasteiger partial charge >= 0.3 is 0 Å². The fourth-order valence-electron chi connectivity index (χ4n) is 3.11. The molecule has 3 N–H and O–H groups in total. The first kappa shape index (κ1) is 20.5. The molecule has 1 atom stereocenters. The smallest absolute Gasteiger partial charge is 0.258 e. The highest BCUT2D eigenvalue weighted by Crippen LogP contribution is 2.26. The van der Waals surface area contributed by atoms with Gasteiger partial charge in [-0.1, -0.05) is 31.4 Å². The van der Waals surface area contributed by atoms with Crippen LogP contribution in [0, 0.1) is 5.92 Å². The molecule has 24 heavy (non-hydrogen) atoms. The number of hydrogen-bond donors (Lipinski definition) is 2. The summed E-state index contributed by atoms with van der Waals surface area (Å²) < 4.78 is 5.49. The van der Waals surface area contributed by atoms with Gasteiger partial charge < -0.3 is 15.8 Å². The van der Waals surface area contributed by atoms with Gasteiger partial charge in [0.15, 0.2) is 12.4 Å². The van der Waals surface area contributed by atoms with Crippen LogP contribution in [-0.2, 0) is 4.79 Å². The van der Waals surface area contributed by atoms with E-state index in [4.69, 9.17) is 10.5 Å². The van der Waals surface area contributed by atoms with Crippen LogP contribution >= 0.6 is 12.4 Å². The monoisotopic (exact) mass is 354 g/mol. The van der Waals surface area contributed by atoms with Crippen LogP contribution in [0.4, 0.5) is 0 Å². The molecule has 1 unspecified atom stereocenters. The number of nitrogens with two attached hydrogens (primary N) is 1. The van der Waals surface area contributed by atoms with Gasteiger partial charge in [0.2, 0.25) is 0 Å². The molecule has 6 heteroatoms. The molecule has 0 spiro atoms. The van der Waals surface area contributed by atoms with Crippen molar-refractivity contribution in [2.24, 2.45) is 11.7 Å². The fourth-order valence-corrected chi connectivity index (χ4v) is 3.11. The first-order valence-electron chi connectivity index (χ1n) is 8.33. The highest BCUT2D eigenvalue weighted by atomic mass is 35.5. The van der Waals surface area contributed by atoms with E-state index in [-0.39, 0.29) is 36.7 Å². The zero-order chi connectivity index (χ0) is 16.7. The molecule has 1 aliphatic carbocycles. The van der Waals surface area contributed by atoms with Crippen molar-refractivity contribution in [3.63, 3.8) is 0 Å². The lowest BCUT2D eigenvalue weighted by molar-refractivity contribution is -0.124. The second-order valence-electron chi connectivity index (χ2n) is 6.18. The minimum atomic E-state index is -0.167. The Bertz CT molecular complexity index is 545. The summed E-state index contributed by atoms with van der Waals surface area (Å²) in [5.41, 5.74) is 6.39. The molecule has 1 aromatic rings. The van der Waals surface area contributed by atoms with Gasteiger partial charge in [0.1, 0.15) is 5.75 Å². The van der Waals surface area contributed by atoms with Crippen molar-refractivity contribution in [2.75, 3.05) is 13.2 Å². The Morgan fingerprint density at radius 1 is 1.29 bits per heavy atom. The number of Topliss-reactive ketones (excluding diaryl/α,β-unsaturated/α-hetero) is 1. The molecule has 1 saturated carbocycles. The van der Waals surface area contributed by atoms with Crippen LogP contribution in [-0.4, -0.2) is 30.9 Å². The number of carbonyl (C=O) groups excluding carboxylic acids is 2. The molecule has 0 saturated heterocycles. The van der Waals surface area contributed by atoms with Crippen LogP contribution < -0.4 is 15.8 Å². The van der Waals surface area contributed by atoms with Gasteiger partial charge in [0, 0.05) is 18.2 Å². The zero-order valence-corrected chi connectivity index (χ0v) is 14.9. The third-order valence-corrected chi connectivity index (χ3v) is 4.43. The van der Waals surface area contributed by atoms with Crippen molar-refractivity contribution in [3.8, 4) is 5.75 Å². The van der Waals surface area contributed by atoms with Crippen molar-refractivity contribution in [1.82, 2.24) is 5.32 Å². The molecule has 0 aromatic heterocycles. The third kappa shape index (κ3) is 6.13. The summed E-state index contributed by atoms with van der Waals surface area (Å²) >= 11 is 0. The highest BCUT2D eigenvalue weighted by molar-refractivity contribution is 5.94. The van der Waals surface area contributed by atoms with E-state index in [1.807, 2.05) is 0 Å². The fraction of sp³-hybridized carbons (Fsp3) is 0.556. The van der Waals surface area contributed by atoms with Gasteiger partial charge in [0.25, 0.3) is 5.91 Å². The number of halogens is 1. The predicted molar refractivity (Wildman–Crippen MR) is 96.7 cm³/mol. The molecule has 134 valence electrons. The van der Waals surface area contributed by atoms with Crippen molar-refractivity contribution >= 4 is 24.1 Å². The van der Waals surface area contributed by atoms with Gasteiger partial charge in [-0.2, -0.15) is 0 Å². The Morgan fingerprint density at radius 3 is 2.62 bits per heavy atom. The lowest BCUT2D eigenvalue weighted by atomic mass is 9.84. The average molecular weight is 355 g/mol. The summed E-state index contributed by atoms with van der Waals surface area (Å²) in [6.07, 6.45) is 5.96. The second-order valence-corrected chi connectivity index (χ2v) is 6.18. The van der Waals surface area contributed by atoms with E-state index in [9.17, 15) is 9.59 Å². The quantitative estimate of drug-likeness (QED) is 0.737. The van der Waals surface area contributed by atoms with E-state index < -0.39 is 0 Å². The van der Waals surface area contributed by atoms with Gasteiger partial charge in [-0.3, -0.25) is 9.59 Å². The van der Waals surface area contributed by atoms with Crippen LogP contribution in [0.2, 0.25) is 0 Å². The minimum absolute atomic E-state index is 0. The molecule has 0 heterocycles. The first-order chi connectivity index (χ1) is 11.1. The van der Waals surface area contributed by atoms with Crippen LogP contribution in [0.5, 0.6) is 5.75 Å². The number of nitrogens with one attached hydrogen (secondary N) is 1. The number of carbonyl (C=O) groups is 2. The summed E-state index contributed by atoms with van der Waals surface area (Å²) in [6, 6.07) is 6.88. The van der Waals surface area contributed by atoms with Crippen molar-refractivity contribution in [3.05, 3.63) is 29.8 Å². The molecule has 1 amide bonds. The van der Waals surface area contributed by atoms with E-state index in [1.54, 1.807) is 24.3 Å². The van der Waals surface area contributed by atoms with Crippen molar-refractivity contribution in [1.29, 1.82) is 0 Å². The summed E-state index contributed by atoms with van der Waals surface area (Å²) in [6.45, 7) is 1.89. The Hall–Kier alpha value is -1.59. The zero-order valence-electron chi connectivity index (χ0n) is 14.1. The van der Waals surface area contributed by atoms with Crippen LogP contribution in [0.15, 0.2) is 24.3 Å². The molecule has 1 fully saturated rings. The molecule has 5 nitrogen and oxygen atoms in total. The van der Waals surface area contributed by atoms with Gasteiger partial charge in [-0.05, 0) is 37.8 Å². The van der Waals surface area contributed by atoms with E-state index >= 15 is 0 Å². The Kier molecular flexibility index (Phi) is 8.79. The SMILES string of the molecule is CC(=O)c1cccc(OCC(=O)NC(CN)C2CCCCC2)c1.Cl. The normalized spacial score (nSPS) is 15.9. The molecular weight excluding hydrogens is 328 g/mol. The lowest BCUT2D eigenvalue weighted by Gasteiger charge is -2.30. The maximum Gasteiger partial charge on any atom is 0.258 e. The maximum absolute atomic E-state index is 12.1. The second kappa shape index (κ2) is 10.3. The Morgan fingerprint density at radius 2 is 2.00 bits per heavy atom. The van der Waals surface area contributed by atoms with Crippen molar-refractivity contribution < 1.29 is 14.3 Å². The van der Waals surface area contributed by atoms with Crippen LogP contribution in [0.25, 0.3) is 0 Å². The average Bonchev–Trinajstić information content (AvgIpc) is 2.59. The molecule has 1 aromatic carbocycles. The number of hydrogen-bond acceptors (Lipinski definition) is 4. The Balaban J connectivity index is 0.00000288. The third-order valence-electron chi connectivity index (χ3n) is 4.43. The topological polar surface area (TPSA) is 81.4 Å². The van der Waals surface area contributed by atoms with Crippen LogP contribution in [0.1, 0.15) is 49.4 Å². The lowest BCUT2D eigenvalue weighted by Crippen LogP contribution is -2.47. The van der Waals surface area contributed by atoms with Crippen molar-refractivity contribution in [2.45, 2.75) is 45.1 Å². The predicted octanol–water partition coefficient (Wildman–Crippen LogP) is 2.71. The van der Waals surface area contributed by atoms with Gasteiger partial charge in [-0.25, -0.2) is 0 Å². The molecule has 0 aliphatic heterocycles. The summed E-state index contributed by atoms with van der Waals surface area (Å²) in [5.74, 6) is 0.799. The summed E-state index contributed by atoms with van der Waals surface area (Å²) in [4.78, 5) is 23.4. The molecule has 1 aliphatic rings. The first-order valence-corrected chi connectivity index (χ1v) is 8.33. The molecule has 2 rings (SSSR count). The van der Waals surface area contributed by atoms with Gasteiger partial charge in [0.05, 0.1) is 0 Å². The van der Waals surface area contributed by atoms with Crippen LogP contribution in [0.3, 0.4) is 0 Å². The Labute approximate surface area is 149 Å². The number of rotatable bonds is 7. The highest BCUT2D eigenvalue weighted by Gasteiger charge is 2.24. The van der Waals surface area contributed by atoms with E-state index in [1.165, 1.54) is 26.2 Å². The van der Waals surface area contributed by atoms with Gasteiger partial charge in [-0.15, -0.1) is 12.4 Å². The summed E-state index contributed by atoms with van der Waals surface area (Å²) in [5, 5.41) is 2.99. The standard InChI is InChI=1S/C18H26N2O3.ClH/c1-13(21)15-8-5-9-16(10-15)23-12-18(22)20-17(11-19)14-6-3-2-4-7-14;/h5,8-10,14,17H,2-4,6-7,11-12,19H2,1H3,(H,20,22);1H. The molecule has 0 radical (unpaired) electrons. The number of ketones is 1. The van der Waals surface area contributed by atoms with E-state index in [0.29, 0.717) is 23.8 Å².